The third kappa shape index (κ3) is 2.85. The second-order valence-corrected chi connectivity index (χ2v) is 4.96. The molecule has 1 saturated heterocycles. The molecule has 1 aliphatic rings. The summed E-state index contributed by atoms with van der Waals surface area (Å²) in [6.07, 6.45) is 1.48. The van der Waals surface area contributed by atoms with Crippen molar-refractivity contribution in [2.45, 2.75) is 19.9 Å². The van der Waals surface area contributed by atoms with Crippen LogP contribution in [-0.2, 0) is 4.79 Å². The van der Waals surface area contributed by atoms with E-state index in [0.717, 1.165) is 0 Å². The van der Waals surface area contributed by atoms with E-state index in [1.165, 1.54) is 11.1 Å². The molecule has 1 aromatic rings. The van der Waals surface area contributed by atoms with Crippen molar-refractivity contribution in [3.05, 3.63) is 22.8 Å². The minimum atomic E-state index is -0.483. The number of halogens is 1. The summed E-state index contributed by atoms with van der Waals surface area (Å²) in [6.45, 7) is 5.28. The van der Waals surface area contributed by atoms with Crippen LogP contribution in [0.1, 0.15) is 24.2 Å². The molecule has 2 amide bonds. The highest BCUT2D eigenvalue weighted by Crippen LogP contribution is 2.21. The summed E-state index contributed by atoms with van der Waals surface area (Å²) in [6, 6.07) is 1.09. The van der Waals surface area contributed by atoms with Gasteiger partial charge < -0.3 is 15.5 Å². The Kier molecular flexibility index (Phi) is 4.44. The Labute approximate surface area is 122 Å². The smallest absolute Gasteiger partial charge is 0.256 e. The van der Waals surface area contributed by atoms with Crippen LogP contribution in [0.15, 0.2) is 12.3 Å². The molecule has 1 aromatic heterocycles. The van der Waals surface area contributed by atoms with E-state index >= 15 is 0 Å². The van der Waals surface area contributed by atoms with Gasteiger partial charge in [-0.05, 0) is 19.9 Å². The van der Waals surface area contributed by atoms with Crippen molar-refractivity contribution in [1.29, 1.82) is 0 Å². The van der Waals surface area contributed by atoms with Crippen molar-refractivity contribution >= 4 is 29.2 Å². The molecule has 0 aromatic carbocycles. The summed E-state index contributed by atoms with van der Waals surface area (Å²) in [4.78, 5) is 29.7. The molecule has 1 aliphatic heterocycles. The number of carbonyl (C=O) groups is 2. The maximum absolute atomic E-state index is 12.4. The monoisotopic (exact) mass is 296 g/mol. The van der Waals surface area contributed by atoms with Gasteiger partial charge >= 0.3 is 0 Å². The second-order valence-electron chi connectivity index (χ2n) is 4.55. The zero-order chi connectivity index (χ0) is 14.7. The molecule has 1 fully saturated rings. The molecule has 2 rings (SSSR count). The topological polar surface area (TPSA) is 74.3 Å². The van der Waals surface area contributed by atoms with Crippen LogP contribution in [0.2, 0.25) is 5.02 Å². The third-order valence-corrected chi connectivity index (χ3v) is 3.48. The maximum Gasteiger partial charge on any atom is 0.256 e. The summed E-state index contributed by atoms with van der Waals surface area (Å²) in [7, 11) is 0. The first-order chi connectivity index (χ1) is 9.54. The van der Waals surface area contributed by atoms with Crippen molar-refractivity contribution in [2.24, 2.45) is 0 Å². The standard InChI is InChI=1S/C13H17ClN4O2/c1-3-15-11-10(14)6-9(7-17-11)13(20)18-5-4-16-12(19)8(18)2/h6-8H,3-5H2,1-2H3,(H,15,17)(H,16,19). The fourth-order valence-corrected chi connectivity index (χ4v) is 2.31. The first kappa shape index (κ1) is 14.6. The van der Waals surface area contributed by atoms with E-state index < -0.39 is 6.04 Å². The van der Waals surface area contributed by atoms with Crippen LogP contribution in [0.3, 0.4) is 0 Å². The van der Waals surface area contributed by atoms with Gasteiger partial charge in [0.1, 0.15) is 11.9 Å². The summed E-state index contributed by atoms with van der Waals surface area (Å²) < 4.78 is 0. The first-order valence-electron chi connectivity index (χ1n) is 6.52. The molecule has 20 heavy (non-hydrogen) atoms. The molecule has 1 unspecified atom stereocenters. The average Bonchev–Trinajstić information content (AvgIpc) is 2.43. The quantitative estimate of drug-likeness (QED) is 0.877. The van der Waals surface area contributed by atoms with Crippen molar-refractivity contribution in [3.63, 3.8) is 0 Å². The number of hydrogen-bond acceptors (Lipinski definition) is 4. The van der Waals surface area contributed by atoms with Crippen LogP contribution in [-0.4, -0.2) is 47.4 Å². The number of carbonyl (C=O) groups excluding carboxylic acids is 2. The lowest BCUT2D eigenvalue weighted by molar-refractivity contribution is -0.127. The van der Waals surface area contributed by atoms with Crippen molar-refractivity contribution in [3.8, 4) is 0 Å². The number of hydrogen-bond donors (Lipinski definition) is 2. The Morgan fingerprint density at radius 3 is 3.05 bits per heavy atom. The summed E-state index contributed by atoms with van der Waals surface area (Å²) in [5, 5.41) is 6.12. The van der Waals surface area contributed by atoms with Crippen LogP contribution in [0.4, 0.5) is 5.82 Å². The highest BCUT2D eigenvalue weighted by Gasteiger charge is 2.30. The lowest BCUT2D eigenvalue weighted by Crippen LogP contribution is -2.55. The van der Waals surface area contributed by atoms with E-state index in [2.05, 4.69) is 15.6 Å². The molecule has 0 radical (unpaired) electrons. The molecule has 1 atom stereocenters. The Hall–Kier alpha value is -1.82. The average molecular weight is 297 g/mol. The Bertz CT molecular complexity index is 535. The molecule has 0 aliphatic carbocycles. The summed E-state index contributed by atoms with van der Waals surface area (Å²) >= 11 is 6.08. The fourth-order valence-electron chi connectivity index (χ4n) is 2.08. The highest BCUT2D eigenvalue weighted by molar-refractivity contribution is 6.33. The fraction of sp³-hybridized carbons (Fsp3) is 0.462. The molecule has 6 nitrogen and oxygen atoms in total. The molecule has 2 heterocycles. The van der Waals surface area contributed by atoms with Gasteiger partial charge in [0.25, 0.3) is 5.91 Å². The van der Waals surface area contributed by atoms with E-state index in [9.17, 15) is 9.59 Å². The number of amides is 2. The Morgan fingerprint density at radius 2 is 2.40 bits per heavy atom. The minimum absolute atomic E-state index is 0.145. The Balaban J connectivity index is 2.20. The van der Waals surface area contributed by atoms with E-state index in [4.69, 9.17) is 11.6 Å². The number of piperazine rings is 1. The van der Waals surface area contributed by atoms with Crippen LogP contribution in [0.25, 0.3) is 0 Å². The van der Waals surface area contributed by atoms with E-state index in [1.807, 2.05) is 6.92 Å². The van der Waals surface area contributed by atoms with Gasteiger partial charge in [-0.15, -0.1) is 0 Å². The number of rotatable bonds is 3. The molecule has 0 saturated carbocycles. The van der Waals surface area contributed by atoms with Gasteiger partial charge in [0.2, 0.25) is 5.91 Å². The lowest BCUT2D eigenvalue weighted by Gasteiger charge is -2.32. The van der Waals surface area contributed by atoms with Crippen molar-refractivity contribution in [2.75, 3.05) is 25.0 Å². The van der Waals surface area contributed by atoms with E-state index in [0.29, 0.717) is 36.0 Å². The molecule has 7 heteroatoms. The zero-order valence-corrected chi connectivity index (χ0v) is 12.2. The van der Waals surface area contributed by atoms with Gasteiger partial charge in [-0.25, -0.2) is 4.98 Å². The molecular weight excluding hydrogens is 280 g/mol. The van der Waals surface area contributed by atoms with Crippen LogP contribution >= 0.6 is 11.6 Å². The zero-order valence-electron chi connectivity index (χ0n) is 11.4. The molecule has 0 bridgehead atoms. The second kappa shape index (κ2) is 6.09. The predicted octanol–water partition coefficient (Wildman–Crippen LogP) is 1.13. The molecule has 0 spiro atoms. The van der Waals surface area contributed by atoms with Gasteiger partial charge in [-0.1, -0.05) is 11.6 Å². The van der Waals surface area contributed by atoms with Gasteiger partial charge in [-0.3, -0.25) is 9.59 Å². The first-order valence-corrected chi connectivity index (χ1v) is 6.90. The molecule has 2 N–H and O–H groups in total. The normalized spacial score (nSPS) is 18.6. The predicted molar refractivity (Wildman–Crippen MR) is 76.9 cm³/mol. The van der Waals surface area contributed by atoms with Crippen molar-refractivity contribution < 1.29 is 9.59 Å². The maximum atomic E-state index is 12.4. The largest absolute Gasteiger partial charge is 0.369 e. The van der Waals surface area contributed by atoms with Gasteiger partial charge in [0.15, 0.2) is 0 Å². The molecule has 108 valence electrons. The minimum Gasteiger partial charge on any atom is -0.369 e. The van der Waals surface area contributed by atoms with E-state index in [1.54, 1.807) is 13.0 Å². The van der Waals surface area contributed by atoms with Crippen LogP contribution in [0.5, 0.6) is 0 Å². The lowest BCUT2D eigenvalue weighted by atomic mass is 10.1. The van der Waals surface area contributed by atoms with E-state index in [-0.39, 0.29) is 11.8 Å². The highest BCUT2D eigenvalue weighted by atomic mass is 35.5. The SMILES string of the molecule is CCNc1ncc(C(=O)N2CCNC(=O)C2C)cc1Cl. The van der Waals surface area contributed by atoms with Gasteiger partial charge in [-0.2, -0.15) is 0 Å². The third-order valence-electron chi connectivity index (χ3n) is 3.19. The van der Waals surface area contributed by atoms with Gasteiger partial charge in [0, 0.05) is 25.8 Å². The molecular formula is C13H17ClN4O2. The number of nitrogens with zero attached hydrogens (tertiary/aromatic N) is 2. The number of anilines is 1. The number of aromatic nitrogens is 1. The van der Waals surface area contributed by atoms with Crippen LogP contribution in [0, 0.1) is 0 Å². The summed E-state index contributed by atoms with van der Waals surface area (Å²) in [5.74, 6) is 0.174. The van der Waals surface area contributed by atoms with Gasteiger partial charge in [0.05, 0.1) is 10.6 Å². The van der Waals surface area contributed by atoms with Crippen LogP contribution < -0.4 is 10.6 Å². The van der Waals surface area contributed by atoms with Crippen molar-refractivity contribution in [1.82, 2.24) is 15.2 Å². The number of pyridine rings is 1. The summed E-state index contributed by atoms with van der Waals surface area (Å²) in [5.41, 5.74) is 0.387. The Morgan fingerprint density at radius 1 is 1.65 bits per heavy atom. The number of nitrogens with one attached hydrogen (secondary N) is 2.